The number of amides is 1. The molecule has 0 radical (unpaired) electrons. The van der Waals surface area contributed by atoms with E-state index in [9.17, 15) is 10.1 Å². The van der Waals surface area contributed by atoms with E-state index in [-0.39, 0.29) is 12.0 Å². The molecule has 1 aliphatic carbocycles. The van der Waals surface area contributed by atoms with Crippen molar-refractivity contribution in [3.8, 4) is 11.8 Å². The fourth-order valence-corrected chi connectivity index (χ4v) is 4.10. The lowest BCUT2D eigenvalue weighted by Gasteiger charge is -2.36. The Morgan fingerprint density at radius 3 is 2.62 bits per heavy atom. The average Bonchev–Trinajstić information content (AvgIpc) is 2.75. The van der Waals surface area contributed by atoms with Crippen molar-refractivity contribution in [3.63, 3.8) is 0 Å². The fourth-order valence-electron chi connectivity index (χ4n) is 4.10. The van der Waals surface area contributed by atoms with Crippen LogP contribution in [0, 0.1) is 18.3 Å². The monoisotopic (exact) mass is 390 g/mol. The maximum absolute atomic E-state index is 13.5. The summed E-state index contributed by atoms with van der Waals surface area (Å²) in [6, 6.07) is 15.8. The summed E-state index contributed by atoms with van der Waals surface area (Å²) in [6.07, 6.45) is 5.86. The first kappa shape index (κ1) is 20.9. The van der Waals surface area contributed by atoms with Gasteiger partial charge in [-0.25, -0.2) is 0 Å². The van der Waals surface area contributed by atoms with Crippen LogP contribution in [0.4, 0.5) is 5.69 Å². The van der Waals surface area contributed by atoms with Crippen LogP contribution < -0.4 is 10.1 Å². The Kier molecular flexibility index (Phi) is 6.59. The van der Waals surface area contributed by atoms with Gasteiger partial charge in [-0.05, 0) is 50.8 Å². The lowest BCUT2D eigenvalue weighted by molar-refractivity contribution is -0.122. The van der Waals surface area contributed by atoms with Gasteiger partial charge in [0, 0.05) is 6.07 Å². The Labute approximate surface area is 173 Å². The van der Waals surface area contributed by atoms with Gasteiger partial charge < -0.3 is 10.1 Å². The number of rotatable bonds is 6. The van der Waals surface area contributed by atoms with E-state index in [1.165, 1.54) is 0 Å². The number of nitrogens with one attached hydrogen (secondary N) is 1. The fraction of sp³-hybridized carbons (Fsp3) is 0.440. The van der Waals surface area contributed by atoms with Crippen LogP contribution in [0.1, 0.15) is 69.1 Å². The number of ether oxygens (including phenoxy) is 1. The third-order valence-electron chi connectivity index (χ3n) is 5.98. The summed E-state index contributed by atoms with van der Waals surface area (Å²) in [6.45, 7) is 6.11. The minimum absolute atomic E-state index is 0.0186. The lowest BCUT2D eigenvalue weighted by Crippen LogP contribution is -2.42. The second kappa shape index (κ2) is 9.13. The molecule has 1 saturated carbocycles. The zero-order valence-electron chi connectivity index (χ0n) is 17.6. The number of hydrogen-bond acceptors (Lipinski definition) is 3. The van der Waals surface area contributed by atoms with Crippen molar-refractivity contribution in [2.24, 2.45) is 0 Å². The summed E-state index contributed by atoms with van der Waals surface area (Å²) < 4.78 is 5.82. The lowest BCUT2D eigenvalue weighted by atomic mass is 9.68. The van der Waals surface area contributed by atoms with Gasteiger partial charge in [-0.3, -0.25) is 4.79 Å². The van der Waals surface area contributed by atoms with Crippen LogP contribution in [0.2, 0.25) is 0 Å². The number of carbonyl (C=O) groups is 1. The molecule has 0 aliphatic heterocycles. The van der Waals surface area contributed by atoms with E-state index >= 15 is 0 Å². The van der Waals surface area contributed by atoms with Gasteiger partial charge in [-0.2, -0.15) is 5.26 Å². The first-order chi connectivity index (χ1) is 14.0. The summed E-state index contributed by atoms with van der Waals surface area (Å²) in [7, 11) is 0. The normalized spacial score (nSPS) is 16.5. The summed E-state index contributed by atoms with van der Waals surface area (Å²) in [5, 5.41) is 12.7. The van der Waals surface area contributed by atoms with Crippen LogP contribution in [-0.2, 0) is 10.2 Å². The second-order valence-electron chi connectivity index (χ2n) is 8.12. The smallest absolute Gasteiger partial charge is 0.235 e. The Balaban J connectivity index is 1.89. The molecule has 0 saturated heterocycles. The molecule has 29 heavy (non-hydrogen) atoms. The van der Waals surface area contributed by atoms with Crippen molar-refractivity contribution in [3.05, 3.63) is 59.2 Å². The van der Waals surface area contributed by atoms with Crippen LogP contribution in [0.25, 0.3) is 0 Å². The third-order valence-corrected chi connectivity index (χ3v) is 5.98. The molecule has 1 fully saturated rings. The average molecular weight is 391 g/mol. The third kappa shape index (κ3) is 4.62. The van der Waals surface area contributed by atoms with Crippen LogP contribution in [0.5, 0.6) is 5.75 Å². The van der Waals surface area contributed by atoms with Gasteiger partial charge in [0.05, 0.1) is 22.8 Å². The molecule has 1 aliphatic rings. The van der Waals surface area contributed by atoms with Crippen molar-refractivity contribution in [2.45, 2.75) is 70.8 Å². The quantitative estimate of drug-likeness (QED) is 0.669. The van der Waals surface area contributed by atoms with Gasteiger partial charge >= 0.3 is 0 Å². The van der Waals surface area contributed by atoms with Crippen molar-refractivity contribution in [1.29, 1.82) is 5.26 Å². The zero-order chi connectivity index (χ0) is 20.9. The number of aryl methyl sites for hydroxylation is 1. The molecule has 0 aromatic heterocycles. The number of hydrogen-bond donors (Lipinski definition) is 1. The standard InChI is InChI=1S/C25H30N2O2/c1-4-19(3)29-22-11-12-23(20(16-22)17-26)27-24(28)25(13-6-5-7-14-25)21-10-8-9-18(2)15-21/h8-12,15-16,19H,4-7,13-14H2,1-3H3,(H,27,28)/t19-/m0/s1. The number of carbonyl (C=O) groups excluding carboxylic acids is 1. The molecule has 0 bridgehead atoms. The second-order valence-corrected chi connectivity index (χ2v) is 8.12. The van der Waals surface area contributed by atoms with E-state index in [1.54, 1.807) is 12.1 Å². The largest absolute Gasteiger partial charge is 0.491 e. The van der Waals surface area contributed by atoms with E-state index in [1.807, 2.05) is 19.1 Å². The number of nitriles is 1. The maximum atomic E-state index is 13.5. The van der Waals surface area contributed by atoms with Gasteiger partial charge in [0.15, 0.2) is 0 Å². The minimum Gasteiger partial charge on any atom is -0.491 e. The topological polar surface area (TPSA) is 62.1 Å². The predicted octanol–water partition coefficient (Wildman–Crippen LogP) is 5.88. The molecule has 0 heterocycles. The Morgan fingerprint density at radius 1 is 1.21 bits per heavy atom. The molecule has 1 N–H and O–H groups in total. The molecule has 2 aromatic rings. The summed E-state index contributed by atoms with van der Waals surface area (Å²) in [4.78, 5) is 13.5. The highest BCUT2D eigenvalue weighted by Crippen LogP contribution is 2.41. The minimum atomic E-state index is -0.539. The van der Waals surface area contributed by atoms with Gasteiger partial charge in [-0.1, -0.05) is 56.0 Å². The highest BCUT2D eigenvalue weighted by molar-refractivity contribution is 6.00. The van der Waals surface area contributed by atoms with Gasteiger partial charge in [0.25, 0.3) is 0 Å². The van der Waals surface area contributed by atoms with E-state index in [0.717, 1.165) is 49.7 Å². The predicted molar refractivity (Wildman–Crippen MR) is 116 cm³/mol. The van der Waals surface area contributed by atoms with E-state index in [0.29, 0.717) is 17.0 Å². The number of benzene rings is 2. The van der Waals surface area contributed by atoms with Crippen molar-refractivity contribution >= 4 is 11.6 Å². The molecular weight excluding hydrogens is 360 g/mol. The summed E-state index contributed by atoms with van der Waals surface area (Å²) in [5.74, 6) is 0.634. The van der Waals surface area contributed by atoms with E-state index in [2.05, 4.69) is 43.4 Å². The molecule has 4 nitrogen and oxygen atoms in total. The highest BCUT2D eigenvalue weighted by atomic mass is 16.5. The molecular formula is C25H30N2O2. The maximum Gasteiger partial charge on any atom is 0.235 e. The van der Waals surface area contributed by atoms with E-state index < -0.39 is 5.41 Å². The summed E-state index contributed by atoms with van der Waals surface area (Å²) >= 11 is 0. The van der Waals surface area contributed by atoms with Crippen molar-refractivity contribution < 1.29 is 9.53 Å². The van der Waals surface area contributed by atoms with Gasteiger partial charge in [-0.15, -0.1) is 0 Å². The molecule has 0 spiro atoms. The van der Waals surface area contributed by atoms with Crippen molar-refractivity contribution in [1.82, 2.24) is 0 Å². The Morgan fingerprint density at radius 2 is 1.97 bits per heavy atom. The van der Waals surface area contributed by atoms with Crippen LogP contribution in [0.15, 0.2) is 42.5 Å². The SMILES string of the molecule is CC[C@H](C)Oc1ccc(NC(=O)C2(c3cccc(C)c3)CCCCC2)c(C#N)c1. The summed E-state index contributed by atoms with van der Waals surface area (Å²) in [5.41, 5.74) is 2.67. The van der Waals surface area contributed by atoms with Gasteiger partial charge in [0.2, 0.25) is 5.91 Å². The number of nitrogens with zero attached hydrogens (tertiary/aromatic N) is 1. The van der Waals surface area contributed by atoms with E-state index in [4.69, 9.17) is 4.74 Å². The molecule has 1 amide bonds. The van der Waals surface area contributed by atoms with Crippen LogP contribution in [0.3, 0.4) is 0 Å². The van der Waals surface area contributed by atoms with Crippen LogP contribution in [-0.4, -0.2) is 12.0 Å². The molecule has 2 aromatic carbocycles. The Bertz CT molecular complexity index is 907. The van der Waals surface area contributed by atoms with Crippen LogP contribution >= 0.6 is 0 Å². The zero-order valence-corrected chi connectivity index (χ0v) is 17.6. The molecule has 0 unspecified atom stereocenters. The van der Waals surface area contributed by atoms with Gasteiger partial charge in [0.1, 0.15) is 11.8 Å². The molecule has 4 heteroatoms. The molecule has 152 valence electrons. The molecule has 1 atom stereocenters. The molecule has 3 rings (SSSR count). The Hall–Kier alpha value is -2.80. The van der Waals surface area contributed by atoms with Crippen molar-refractivity contribution in [2.75, 3.05) is 5.32 Å². The number of anilines is 1. The first-order valence-electron chi connectivity index (χ1n) is 10.6. The first-order valence-corrected chi connectivity index (χ1v) is 10.6. The highest BCUT2D eigenvalue weighted by Gasteiger charge is 2.41.